The molecule has 1 aromatic rings. The zero-order valence-corrected chi connectivity index (χ0v) is 11.6. The number of aryl methyl sites for hydroxylation is 1. The summed E-state index contributed by atoms with van der Waals surface area (Å²) in [6, 6.07) is 5.35. The molecular weight excluding hydrogens is 244 g/mol. The zero-order chi connectivity index (χ0) is 14.1. The van der Waals surface area contributed by atoms with Gasteiger partial charge in [0.1, 0.15) is 6.61 Å². The Labute approximate surface area is 114 Å². The summed E-state index contributed by atoms with van der Waals surface area (Å²) in [6.45, 7) is 5.63. The first-order valence-electron chi connectivity index (χ1n) is 6.45. The summed E-state index contributed by atoms with van der Waals surface area (Å²) in [7, 11) is 0. The molecule has 0 aliphatic rings. The maximum Gasteiger partial charge on any atom is 0.250 e. The van der Waals surface area contributed by atoms with Crippen molar-refractivity contribution < 1.29 is 14.3 Å². The van der Waals surface area contributed by atoms with Crippen LogP contribution in [0.5, 0.6) is 0 Å². The third kappa shape index (κ3) is 6.22. The largest absolute Gasteiger partial charge is 0.399 e. The minimum atomic E-state index is -0.177. The summed E-state index contributed by atoms with van der Waals surface area (Å²) in [5.41, 5.74) is 8.01. The van der Waals surface area contributed by atoms with Crippen LogP contribution >= 0.6 is 0 Å². The van der Waals surface area contributed by atoms with Gasteiger partial charge in [-0.2, -0.15) is 0 Å². The molecule has 0 saturated carbocycles. The number of rotatable bonds is 8. The van der Waals surface area contributed by atoms with Gasteiger partial charge in [0.2, 0.25) is 5.91 Å². The summed E-state index contributed by atoms with van der Waals surface area (Å²) in [5, 5.41) is 2.78. The number of carbonyl (C=O) groups excluding carboxylic acids is 1. The van der Waals surface area contributed by atoms with E-state index in [-0.39, 0.29) is 12.5 Å². The van der Waals surface area contributed by atoms with E-state index in [0.717, 1.165) is 24.3 Å². The van der Waals surface area contributed by atoms with Gasteiger partial charge in [0, 0.05) is 18.0 Å². The van der Waals surface area contributed by atoms with Crippen LogP contribution in [0.15, 0.2) is 18.2 Å². The second-order valence-electron chi connectivity index (χ2n) is 4.29. The van der Waals surface area contributed by atoms with Crippen molar-refractivity contribution in [2.24, 2.45) is 0 Å². The molecule has 0 aromatic heterocycles. The minimum absolute atomic E-state index is 0.0271. The summed E-state index contributed by atoms with van der Waals surface area (Å²) in [5.74, 6) is -0.177. The Morgan fingerprint density at radius 2 is 2.00 bits per heavy atom. The average molecular weight is 266 g/mol. The van der Waals surface area contributed by atoms with E-state index >= 15 is 0 Å². The second kappa shape index (κ2) is 8.50. The molecule has 19 heavy (non-hydrogen) atoms. The van der Waals surface area contributed by atoms with E-state index in [9.17, 15) is 4.79 Å². The fourth-order valence-corrected chi connectivity index (χ4v) is 1.54. The van der Waals surface area contributed by atoms with Crippen LogP contribution in [0.3, 0.4) is 0 Å². The number of nitrogens with two attached hydrogens (primary N) is 1. The lowest BCUT2D eigenvalue weighted by Crippen LogP contribution is -2.20. The fraction of sp³-hybridized carbons (Fsp3) is 0.500. The molecule has 0 fully saturated rings. The number of benzene rings is 1. The molecule has 0 unspecified atom stereocenters. The molecular formula is C14H22N2O3. The average Bonchev–Trinajstić information content (AvgIpc) is 2.37. The molecule has 0 aliphatic carbocycles. The van der Waals surface area contributed by atoms with E-state index in [1.165, 1.54) is 0 Å². The Bertz CT molecular complexity index is 408. The van der Waals surface area contributed by atoms with E-state index < -0.39 is 0 Å². The Kier molecular flexibility index (Phi) is 6.92. The number of nitrogen functional groups attached to an aromatic ring is 1. The first-order valence-corrected chi connectivity index (χ1v) is 6.45. The first-order chi connectivity index (χ1) is 9.13. The molecule has 1 aromatic carbocycles. The first kappa shape index (κ1) is 15.5. The van der Waals surface area contributed by atoms with Crippen molar-refractivity contribution in [1.82, 2.24) is 0 Å². The number of amides is 1. The molecule has 3 N–H and O–H groups in total. The maximum absolute atomic E-state index is 11.6. The Balaban J connectivity index is 2.23. The zero-order valence-electron chi connectivity index (χ0n) is 11.6. The lowest BCUT2D eigenvalue weighted by Gasteiger charge is -2.09. The van der Waals surface area contributed by atoms with Gasteiger partial charge in [-0.15, -0.1) is 0 Å². The second-order valence-corrected chi connectivity index (χ2v) is 4.29. The van der Waals surface area contributed by atoms with Gasteiger partial charge in [-0.1, -0.05) is 6.92 Å². The third-order valence-corrected chi connectivity index (χ3v) is 2.48. The summed E-state index contributed by atoms with van der Waals surface area (Å²) in [6.07, 6.45) is 0.983. The number of hydrogen-bond acceptors (Lipinski definition) is 4. The van der Waals surface area contributed by atoms with Crippen molar-refractivity contribution in [3.63, 3.8) is 0 Å². The number of carbonyl (C=O) groups is 1. The van der Waals surface area contributed by atoms with E-state index in [1.54, 1.807) is 12.1 Å². The van der Waals surface area contributed by atoms with Gasteiger partial charge >= 0.3 is 0 Å². The van der Waals surface area contributed by atoms with Crippen LogP contribution < -0.4 is 11.1 Å². The summed E-state index contributed by atoms with van der Waals surface area (Å²) < 4.78 is 10.5. The molecule has 0 radical (unpaired) electrons. The van der Waals surface area contributed by atoms with Crippen molar-refractivity contribution in [2.45, 2.75) is 20.3 Å². The topological polar surface area (TPSA) is 73.6 Å². The molecule has 0 heterocycles. The quantitative estimate of drug-likeness (QED) is 0.557. The van der Waals surface area contributed by atoms with Gasteiger partial charge in [-0.3, -0.25) is 4.79 Å². The van der Waals surface area contributed by atoms with E-state index in [1.807, 2.05) is 19.9 Å². The van der Waals surface area contributed by atoms with Gasteiger partial charge in [-0.05, 0) is 37.1 Å². The highest BCUT2D eigenvalue weighted by atomic mass is 16.5. The monoisotopic (exact) mass is 266 g/mol. The number of anilines is 2. The normalized spacial score (nSPS) is 10.4. The number of nitrogens with one attached hydrogen (secondary N) is 1. The van der Waals surface area contributed by atoms with Crippen molar-refractivity contribution >= 4 is 17.3 Å². The molecule has 5 heteroatoms. The van der Waals surface area contributed by atoms with Gasteiger partial charge < -0.3 is 20.5 Å². The smallest absolute Gasteiger partial charge is 0.250 e. The van der Waals surface area contributed by atoms with Gasteiger partial charge in [0.05, 0.1) is 13.2 Å². The van der Waals surface area contributed by atoms with Crippen LogP contribution in [0.4, 0.5) is 11.4 Å². The molecule has 106 valence electrons. The van der Waals surface area contributed by atoms with Crippen LogP contribution in [0.25, 0.3) is 0 Å². The third-order valence-electron chi connectivity index (χ3n) is 2.48. The number of hydrogen-bond donors (Lipinski definition) is 2. The predicted octanol–water partition coefficient (Wildman–Crippen LogP) is 1.96. The van der Waals surface area contributed by atoms with Crippen LogP contribution in [0.2, 0.25) is 0 Å². The molecule has 5 nitrogen and oxygen atoms in total. The Morgan fingerprint density at radius 3 is 2.68 bits per heavy atom. The minimum Gasteiger partial charge on any atom is -0.399 e. The van der Waals surface area contributed by atoms with Crippen molar-refractivity contribution in [2.75, 3.05) is 37.5 Å². The summed E-state index contributed by atoms with van der Waals surface area (Å²) >= 11 is 0. The molecule has 1 rings (SSSR count). The van der Waals surface area contributed by atoms with E-state index in [2.05, 4.69) is 5.32 Å². The van der Waals surface area contributed by atoms with Gasteiger partial charge in [0.25, 0.3) is 0 Å². The highest BCUT2D eigenvalue weighted by Gasteiger charge is 2.05. The number of ether oxygens (including phenoxy) is 2. The maximum atomic E-state index is 11.6. The highest BCUT2D eigenvalue weighted by Crippen LogP contribution is 2.17. The van der Waals surface area contributed by atoms with Crippen LogP contribution in [0.1, 0.15) is 18.9 Å². The SMILES string of the molecule is CCCOCCOCC(=O)Nc1ccc(N)cc1C. The van der Waals surface area contributed by atoms with Crippen molar-refractivity contribution in [3.8, 4) is 0 Å². The lowest BCUT2D eigenvalue weighted by atomic mass is 10.2. The Hall–Kier alpha value is -1.59. The predicted molar refractivity (Wildman–Crippen MR) is 76.2 cm³/mol. The van der Waals surface area contributed by atoms with Crippen LogP contribution in [-0.4, -0.2) is 32.3 Å². The van der Waals surface area contributed by atoms with E-state index in [4.69, 9.17) is 15.2 Å². The van der Waals surface area contributed by atoms with Gasteiger partial charge in [0.15, 0.2) is 0 Å². The molecule has 0 bridgehead atoms. The van der Waals surface area contributed by atoms with Crippen molar-refractivity contribution in [3.05, 3.63) is 23.8 Å². The standard InChI is InChI=1S/C14H22N2O3/c1-3-6-18-7-8-19-10-14(17)16-13-5-4-12(15)9-11(13)2/h4-5,9H,3,6-8,10,15H2,1-2H3,(H,16,17). The molecule has 0 aliphatic heterocycles. The molecule has 1 amide bonds. The van der Waals surface area contributed by atoms with Crippen LogP contribution in [0, 0.1) is 6.92 Å². The van der Waals surface area contributed by atoms with Crippen LogP contribution in [-0.2, 0) is 14.3 Å². The Morgan fingerprint density at radius 1 is 1.26 bits per heavy atom. The highest BCUT2D eigenvalue weighted by molar-refractivity contribution is 5.92. The molecule has 0 atom stereocenters. The fourth-order valence-electron chi connectivity index (χ4n) is 1.54. The molecule has 0 spiro atoms. The summed E-state index contributed by atoms with van der Waals surface area (Å²) in [4.78, 5) is 11.6. The van der Waals surface area contributed by atoms with Crippen molar-refractivity contribution in [1.29, 1.82) is 0 Å². The lowest BCUT2D eigenvalue weighted by molar-refractivity contribution is -0.121. The van der Waals surface area contributed by atoms with Gasteiger partial charge in [-0.25, -0.2) is 0 Å². The molecule has 0 saturated heterocycles. The van der Waals surface area contributed by atoms with E-state index in [0.29, 0.717) is 18.9 Å².